The molecule has 1 unspecified atom stereocenters. The van der Waals surface area contributed by atoms with Gasteiger partial charge in [0, 0.05) is 29.5 Å². The third-order valence-corrected chi connectivity index (χ3v) is 8.72. The van der Waals surface area contributed by atoms with E-state index in [1.54, 1.807) is 26.2 Å². The van der Waals surface area contributed by atoms with Crippen LogP contribution >= 0.6 is 15.9 Å². The van der Waals surface area contributed by atoms with Gasteiger partial charge in [-0.3, -0.25) is 4.90 Å². The normalized spacial score (nSPS) is 17.6. The van der Waals surface area contributed by atoms with E-state index in [-0.39, 0.29) is 5.75 Å². The summed E-state index contributed by atoms with van der Waals surface area (Å²) < 4.78 is 31.3. The summed E-state index contributed by atoms with van der Waals surface area (Å²) in [4.78, 5) is 6.38. The average Bonchev–Trinajstić information content (AvgIpc) is 3.16. The number of hydrogen-bond donors (Lipinski definition) is 1. The average molecular weight is 532 g/mol. The second kappa shape index (κ2) is 10.5. The van der Waals surface area contributed by atoms with Crippen LogP contribution in [0, 0.1) is 0 Å². The minimum absolute atomic E-state index is 0.0526. The fraction of sp³-hybridized carbons (Fsp3) is 0.385. The number of nitrogens with one attached hydrogen (secondary N) is 1. The molecule has 1 atom stereocenters. The molecule has 1 aliphatic rings. The number of H-pyrrole nitrogens is 1. The molecule has 3 aromatic rings. The Balaban J connectivity index is 1.65. The lowest BCUT2D eigenvalue weighted by Gasteiger charge is -2.30. The number of nitrogens with zero attached hydrogens (tertiary/aromatic N) is 1. The first-order valence-corrected chi connectivity index (χ1v) is 13.9. The van der Waals surface area contributed by atoms with Gasteiger partial charge in [-0.25, -0.2) is 8.42 Å². The van der Waals surface area contributed by atoms with Crippen LogP contribution in [0.4, 0.5) is 0 Å². The summed E-state index contributed by atoms with van der Waals surface area (Å²) in [5.41, 5.74) is 4.06. The Labute approximate surface area is 205 Å². The Morgan fingerprint density at radius 1 is 1.09 bits per heavy atom. The van der Waals surface area contributed by atoms with Crippen LogP contribution in [0.1, 0.15) is 49.9 Å². The molecule has 2 heterocycles. The number of halogens is 1. The SMILES string of the molecule is CCS(=O)(=O)c1cc(Br)c(OC)c(-c2ccc(CN3CCCCCC3c3ccccc3)[nH]2)c1. The van der Waals surface area contributed by atoms with Crippen molar-refractivity contribution < 1.29 is 13.2 Å². The molecule has 4 rings (SSSR count). The Hall–Kier alpha value is -2.09. The van der Waals surface area contributed by atoms with Gasteiger partial charge in [-0.15, -0.1) is 0 Å². The summed E-state index contributed by atoms with van der Waals surface area (Å²) in [5.74, 6) is 0.673. The maximum absolute atomic E-state index is 12.5. The molecule has 1 aromatic heterocycles. The molecule has 2 aromatic carbocycles. The molecule has 7 heteroatoms. The lowest BCUT2D eigenvalue weighted by molar-refractivity contribution is 0.190. The van der Waals surface area contributed by atoms with Crippen LogP contribution in [0.15, 0.2) is 64.0 Å². The second-order valence-electron chi connectivity index (χ2n) is 8.53. The van der Waals surface area contributed by atoms with Gasteiger partial charge < -0.3 is 9.72 Å². The smallest absolute Gasteiger partial charge is 0.178 e. The predicted molar refractivity (Wildman–Crippen MR) is 136 cm³/mol. The molecular weight excluding hydrogens is 500 g/mol. The van der Waals surface area contributed by atoms with E-state index in [0.717, 1.165) is 36.5 Å². The fourth-order valence-electron chi connectivity index (χ4n) is 4.64. The van der Waals surface area contributed by atoms with E-state index < -0.39 is 9.84 Å². The van der Waals surface area contributed by atoms with Gasteiger partial charge in [-0.05, 0) is 65.1 Å². The molecule has 1 saturated heterocycles. The third-order valence-electron chi connectivity index (χ3n) is 6.42. The number of sulfone groups is 1. The largest absolute Gasteiger partial charge is 0.495 e. The van der Waals surface area contributed by atoms with Crippen LogP contribution in [0.25, 0.3) is 11.3 Å². The van der Waals surface area contributed by atoms with E-state index in [4.69, 9.17) is 4.74 Å². The molecule has 33 heavy (non-hydrogen) atoms. The number of benzene rings is 2. The monoisotopic (exact) mass is 530 g/mol. The third kappa shape index (κ3) is 5.36. The summed E-state index contributed by atoms with van der Waals surface area (Å²) in [6, 6.07) is 18.6. The molecule has 0 spiro atoms. The van der Waals surface area contributed by atoms with E-state index >= 15 is 0 Å². The standard InChI is InChI=1S/C26H31BrN2O3S/c1-3-33(30,31)21-16-22(26(32-2)23(27)17-21)24-14-13-20(28-24)18-29-15-9-5-8-12-25(29)19-10-6-4-7-11-19/h4,6-7,10-11,13-14,16-17,25,28H,3,5,8-9,12,15,18H2,1-2H3. The fourth-order valence-corrected chi connectivity index (χ4v) is 6.34. The van der Waals surface area contributed by atoms with E-state index in [0.29, 0.717) is 21.2 Å². The topological polar surface area (TPSA) is 62.4 Å². The van der Waals surface area contributed by atoms with Crippen molar-refractivity contribution >= 4 is 25.8 Å². The van der Waals surface area contributed by atoms with E-state index in [9.17, 15) is 8.42 Å². The van der Waals surface area contributed by atoms with Crippen molar-refractivity contribution in [1.82, 2.24) is 9.88 Å². The summed E-state index contributed by atoms with van der Waals surface area (Å²) in [6.45, 7) is 3.53. The van der Waals surface area contributed by atoms with Gasteiger partial charge in [-0.1, -0.05) is 50.1 Å². The minimum atomic E-state index is -3.34. The summed E-state index contributed by atoms with van der Waals surface area (Å²) >= 11 is 3.49. The highest BCUT2D eigenvalue weighted by Gasteiger charge is 2.24. The Morgan fingerprint density at radius 3 is 2.61 bits per heavy atom. The molecule has 1 N–H and O–H groups in total. The highest BCUT2D eigenvalue weighted by Crippen LogP contribution is 2.39. The number of aromatic amines is 1. The van der Waals surface area contributed by atoms with E-state index in [1.165, 1.54) is 24.8 Å². The number of rotatable bonds is 7. The molecule has 1 aliphatic heterocycles. The minimum Gasteiger partial charge on any atom is -0.495 e. The number of ether oxygens (including phenoxy) is 1. The molecule has 0 bridgehead atoms. The molecule has 0 aliphatic carbocycles. The van der Waals surface area contributed by atoms with Crippen molar-refractivity contribution in [3.63, 3.8) is 0 Å². The first kappa shape index (κ1) is 24.0. The molecule has 0 saturated carbocycles. The molecule has 0 amide bonds. The lowest BCUT2D eigenvalue weighted by atomic mass is 10.0. The van der Waals surface area contributed by atoms with Crippen LogP contribution in [-0.2, 0) is 16.4 Å². The number of aromatic nitrogens is 1. The number of hydrogen-bond acceptors (Lipinski definition) is 4. The van der Waals surface area contributed by atoms with Crippen molar-refractivity contribution in [1.29, 1.82) is 0 Å². The zero-order valence-electron chi connectivity index (χ0n) is 19.2. The first-order chi connectivity index (χ1) is 15.9. The van der Waals surface area contributed by atoms with E-state index in [1.807, 2.05) is 6.07 Å². The van der Waals surface area contributed by atoms with Gasteiger partial charge in [-0.2, -0.15) is 0 Å². The van der Waals surface area contributed by atoms with Gasteiger partial charge in [0.1, 0.15) is 5.75 Å². The summed E-state index contributed by atoms with van der Waals surface area (Å²) in [5, 5.41) is 0. The van der Waals surface area contributed by atoms with Crippen LogP contribution in [0.2, 0.25) is 0 Å². The van der Waals surface area contributed by atoms with Crippen LogP contribution in [0.3, 0.4) is 0 Å². The summed E-state index contributed by atoms with van der Waals surface area (Å²) in [7, 11) is -1.74. The van der Waals surface area contributed by atoms with Crippen LogP contribution < -0.4 is 4.74 Å². The van der Waals surface area contributed by atoms with Gasteiger partial charge in [0.15, 0.2) is 9.84 Å². The van der Waals surface area contributed by atoms with Gasteiger partial charge in [0.05, 0.1) is 22.2 Å². The first-order valence-electron chi connectivity index (χ1n) is 11.5. The highest BCUT2D eigenvalue weighted by atomic mass is 79.9. The molecule has 1 fully saturated rings. The second-order valence-corrected chi connectivity index (χ2v) is 11.7. The van der Waals surface area contributed by atoms with Crippen LogP contribution in [0.5, 0.6) is 5.75 Å². The van der Waals surface area contributed by atoms with Crippen molar-refractivity contribution in [2.45, 2.75) is 50.1 Å². The Morgan fingerprint density at radius 2 is 1.88 bits per heavy atom. The van der Waals surface area contributed by atoms with Crippen molar-refractivity contribution in [3.05, 3.63) is 70.3 Å². The van der Waals surface area contributed by atoms with Gasteiger partial charge >= 0.3 is 0 Å². The zero-order valence-corrected chi connectivity index (χ0v) is 21.6. The predicted octanol–water partition coefficient (Wildman–Crippen LogP) is 6.36. The Bertz CT molecular complexity index is 1190. The van der Waals surface area contributed by atoms with Gasteiger partial charge in [0.2, 0.25) is 0 Å². The molecule has 176 valence electrons. The molecule has 5 nitrogen and oxygen atoms in total. The Kier molecular flexibility index (Phi) is 7.62. The highest BCUT2D eigenvalue weighted by molar-refractivity contribution is 9.10. The quantitative estimate of drug-likeness (QED) is 0.385. The van der Waals surface area contributed by atoms with Crippen molar-refractivity contribution in [2.75, 3.05) is 19.4 Å². The lowest BCUT2D eigenvalue weighted by Crippen LogP contribution is -2.28. The molecular formula is C26H31BrN2O3S. The number of likely N-dealkylation sites (tertiary alicyclic amines) is 1. The van der Waals surface area contributed by atoms with Crippen LogP contribution in [-0.4, -0.2) is 37.7 Å². The molecule has 0 radical (unpaired) electrons. The number of methoxy groups -OCH3 is 1. The van der Waals surface area contributed by atoms with Gasteiger partial charge in [0.25, 0.3) is 0 Å². The van der Waals surface area contributed by atoms with E-state index in [2.05, 4.69) is 62.2 Å². The zero-order chi connectivity index (χ0) is 23.4. The van der Waals surface area contributed by atoms with Crippen molar-refractivity contribution in [3.8, 4) is 17.0 Å². The maximum Gasteiger partial charge on any atom is 0.178 e. The summed E-state index contributed by atoms with van der Waals surface area (Å²) in [6.07, 6.45) is 4.87. The van der Waals surface area contributed by atoms with Crippen molar-refractivity contribution in [2.24, 2.45) is 0 Å². The maximum atomic E-state index is 12.5.